The van der Waals surface area contributed by atoms with Crippen molar-refractivity contribution in [1.82, 2.24) is 20.8 Å². The van der Waals surface area contributed by atoms with Crippen LogP contribution in [0.1, 0.15) is 24.4 Å². The molecule has 2 saturated heterocycles. The van der Waals surface area contributed by atoms with Crippen LogP contribution in [-0.4, -0.2) is 59.4 Å². The topological polar surface area (TPSA) is 171 Å². The van der Waals surface area contributed by atoms with E-state index in [-0.39, 0.29) is 19.4 Å². The van der Waals surface area contributed by atoms with Crippen molar-refractivity contribution in [2.45, 2.75) is 31.0 Å². The van der Waals surface area contributed by atoms with E-state index in [2.05, 4.69) is 15.1 Å². The van der Waals surface area contributed by atoms with Crippen molar-refractivity contribution in [3.8, 4) is 0 Å². The van der Waals surface area contributed by atoms with E-state index in [9.17, 15) is 22.8 Å². The maximum Gasteiger partial charge on any atom is 0.418 e. The van der Waals surface area contributed by atoms with Crippen molar-refractivity contribution < 1.29 is 31.6 Å². The Balaban J connectivity index is 1.58. The minimum absolute atomic E-state index is 0.0456. The SMILES string of the molecule is NC(C(=O)NNC(=O)[C@H]1CC[C@H]2CN1C(=O)N2OS(=O)(=O)O)c1ccccc1. The first-order valence-corrected chi connectivity index (χ1v) is 9.71. The molecular weight excluding hydrogens is 394 g/mol. The Hall–Kier alpha value is -2.74. The highest BCUT2D eigenvalue weighted by molar-refractivity contribution is 7.80. The van der Waals surface area contributed by atoms with Crippen LogP contribution in [0.25, 0.3) is 0 Å². The van der Waals surface area contributed by atoms with Crippen LogP contribution in [0, 0.1) is 0 Å². The van der Waals surface area contributed by atoms with Gasteiger partial charge in [-0.25, -0.2) is 4.79 Å². The van der Waals surface area contributed by atoms with Crippen molar-refractivity contribution >= 4 is 28.2 Å². The summed E-state index contributed by atoms with van der Waals surface area (Å²) in [7, 11) is -4.87. The molecule has 3 rings (SSSR count). The number of hydrogen-bond donors (Lipinski definition) is 4. The zero-order chi connectivity index (χ0) is 20.5. The van der Waals surface area contributed by atoms with Gasteiger partial charge in [-0.1, -0.05) is 30.3 Å². The Bertz CT molecular complexity index is 878. The molecule has 2 bridgehead atoms. The summed E-state index contributed by atoms with van der Waals surface area (Å²) in [5, 5.41) is 0.534. The molecule has 12 nitrogen and oxygen atoms in total. The van der Waals surface area contributed by atoms with Crippen molar-refractivity contribution in [3.05, 3.63) is 35.9 Å². The fourth-order valence-electron chi connectivity index (χ4n) is 3.20. The molecule has 0 saturated carbocycles. The monoisotopic (exact) mass is 413 g/mol. The lowest BCUT2D eigenvalue weighted by Crippen LogP contribution is -2.55. The third kappa shape index (κ3) is 4.22. The standard InChI is InChI=1S/C15H19N5O7S/c16-12(9-4-2-1-3-5-9)14(22)18-17-13(21)11-7-6-10-8-19(11)15(23)20(10)27-28(24,25)26/h1-5,10-12H,6-8,16H2,(H,17,21)(H,18,22)(H,24,25,26)/t10-,11+,12?/m0/s1. The Morgan fingerprint density at radius 2 is 1.89 bits per heavy atom. The van der Waals surface area contributed by atoms with Crippen LogP contribution >= 0.6 is 0 Å². The van der Waals surface area contributed by atoms with Crippen LogP contribution in [0.2, 0.25) is 0 Å². The third-order valence-electron chi connectivity index (χ3n) is 4.55. The van der Waals surface area contributed by atoms with E-state index in [1.54, 1.807) is 30.3 Å². The minimum Gasteiger partial charge on any atom is -0.316 e. The smallest absolute Gasteiger partial charge is 0.316 e. The molecule has 0 spiro atoms. The molecule has 0 aliphatic carbocycles. The number of urea groups is 1. The normalized spacial score (nSPS) is 22.7. The third-order valence-corrected chi connectivity index (χ3v) is 4.90. The molecule has 5 N–H and O–H groups in total. The van der Waals surface area contributed by atoms with E-state index in [0.29, 0.717) is 10.6 Å². The van der Waals surface area contributed by atoms with Crippen molar-refractivity contribution in [2.24, 2.45) is 5.73 Å². The van der Waals surface area contributed by atoms with Gasteiger partial charge >= 0.3 is 16.4 Å². The van der Waals surface area contributed by atoms with Gasteiger partial charge in [0.1, 0.15) is 12.1 Å². The zero-order valence-corrected chi connectivity index (χ0v) is 15.3. The van der Waals surface area contributed by atoms with Gasteiger partial charge in [-0.15, -0.1) is 4.28 Å². The van der Waals surface area contributed by atoms with Crippen LogP contribution in [0.5, 0.6) is 0 Å². The molecule has 0 radical (unpaired) electrons. The Kier molecular flexibility index (Phi) is 5.51. The molecule has 0 aromatic heterocycles. The first-order chi connectivity index (χ1) is 13.2. The number of amides is 4. The number of hydroxylamine groups is 2. The van der Waals surface area contributed by atoms with Gasteiger partial charge in [0.25, 0.3) is 11.8 Å². The average Bonchev–Trinajstić information content (AvgIpc) is 2.89. The predicted octanol–water partition coefficient (Wildman–Crippen LogP) is -1.16. The summed E-state index contributed by atoms with van der Waals surface area (Å²) < 4.78 is 34.8. The lowest BCUT2D eigenvalue weighted by molar-refractivity contribution is -0.132. The van der Waals surface area contributed by atoms with Crippen LogP contribution in [0.15, 0.2) is 30.3 Å². The van der Waals surface area contributed by atoms with E-state index in [1.165, 1.54) is 0 Å². The van der Waals surface area contributed by atoms with Crippen molar-refractivity contribution in [2.75, 3.05) is 6.54 Å². The fourth-order valence-corrected chi connectivity index (χ4v) is 3.59. The van der Waals surface area contributed by atoms with Crippen LogP contribution in [0.3, 0.4) is 0 Å². The molecule has 2 aliphatic rings. The molecule has 4 amide bonds. The summed E-state index contributed by atoms with van der Waals surface area (Å²) in [6.07, 6.45) is 0.488. The summed E-state index contributed by atoms with van der Waals surface area (Å²) in [4.78, 5) is 37.9. The zero-order valence-electron chi connectivity index (χ0n) is 14.5. The summed E-state index contributed by atoms with van der Waals surface area (Å²) in [5.74, 6) is -1.30. The number of hydrazine groups is 1. The number of rotatable bonds is 5. The predicted molar refractivity (Wildman–Crippen MR) is 93.0 cm³/mol. The molecule has 3 atom stereocenters. The lowest BCUT2D eigenvalue weighted by atomic mass is 10.0. The van der Waals surface area contributed by atoms with Crippen molar-refractivity contribution in [3.63, 3.8) is 0 Å². The Morgan fingerprint density at radius 3 is 2.54 bits per heavy atom. The summed E-state index contributed by atoms with van der Waals surface area (Å²) in [6, 6.07) is 5.13. The van der Waals surface area contributed by atoms with E-state index in [4.69, 9.17) is 10.3 Å². The maximum absolute atomic E-state index is 12.4. The Morgan fingerprint density at radius 1 is 1.21 bits per heavy atom. The first kappa shape index (κ1) is 20.0. The first-order valence-electron chi connectivity index (χ1n) is 8.34. The number of nitrogens with zero attached hydrogens (tertiary/aromatic N) is 2. The van der Waals surface area contributed by atoms with E-state index in [1.807, 2.05) is 0 Å². The number of hydrogen-bond acceptors (Lipinski definition) is 7. The van der Waals surface area contributed by atoms with Gasteiger partial charge < -0.3 is 10.6 Å². The van der Waals surface area contributed by atoms with Gasteiger partial charge in [0.05, 0.1) is 6.04 Å². The highest BCUT2D eigenvalue weighted by atomic mass is 32.3. The van der Waals surface area contributed by atoms with E-state index < -0.39 is 46.4 Å². The largest absolute Gasteiger partial charge is 0.418 e. The summed E-state index contributed by atoms with van der Waals surface area (Å²) >= 11 is 0. The second-order valence-corrected chi connectivity index (χ2v) is 7.38. The van der Waals surface area contributed by atoms with Gasteiger partial charge in [-0.2, -0.15) is 13.5 Å². The van der Waals surface area contributed by atoms with E-state index in [0.717, 1.165) is 4.90 Å². The molecular formula is C15H19N5O7S. The molecule has 13 heteroatoms. The maximum atomic E-state index is 12.4. The second kappa shape index (κ2) is 7.71. The van der Waals surface area contributed by atoms with Gasteiger partial charge in [-0.3, -0.25) is 25.0 Å². The van der Waals surface area contributed by atoms with Crippen molar-refractivity contribution in [1.29, 1.82) is 0 Å². The van der Waals surface area contributed by atoms with Gasteiger partial charge in [0, 0.05) is 6.54 Å². The molecule has 1 aromatic rings. The average molecular weight is 413 g/mol. The van der Waals surface area contributed by atoms with Gasteiger partial charge in [-0.05, 0) is 18.4 Å². The van der Waals surface area contributed by atoms with Crippen LogP contribution < -0.4 is 16.6 Å². The second-order valence-electron chi connectivity index (χ2n) is 6.38. The number of carbonyl (C=O) groups excluding carboxylic acids is 3. The quantitative estimate of drug-likeness (QED) is 0.346. The van der Waals surface area contributed by atoms with Gasteiger partial charge in [0.2, 0.25) is 0 Å². The molecule has 28 heavy (non-hydrogen) atoms. The lowest BCUT2D eigenvalue weighted by Gasteiger charge is -2.29. The van der Waals surface area contributed by atoms with Gasteiger partial charge in [0.15, 0.2) is 0 Å². The molecule has 2 aliphatic heterocycles. The molecule has 1 aromatic carbocycles. The van der Waals surface area contributed by atoms with Crippen LogP contribution in [-0.2, 0) is 24.3 Å². The minimum atomic E-state index is -4.87. The number of fused-ring (bicyclic) bond motifs is 2. The van der Waals surface area contributed by atoms with E-state index >= 15 is 0 Å². The molecule has 2 fully saturated rings. The number of benzene rings is 1. The number of nitrogens with one attached hydrogen (secondary N) is 2. The number of nitrogens with two attached hydrogens (primary N) is 1. The molecule has 1 unspecified atom stereocenters. The molecule has 2 heterocycles. The van der Waals surface area contributed by atoms with Crippen LogP contribution in [0.4, 0.5) is 4.79 Å². The molecule has 152 valence electrons. The number of piperidine rings is 1. The number of carbonyl (C=O) groups is 3. The fraction of sp³-hybridized carbons (Fsp3) is 0.400. The summed E-state index contributed by atoms with van der Waals surface area (Å²) in [5.41, 5.74) is 10.8. The summed E-state index contributed by atoms with van der Waals surface area (Å²) in [6.45, 7) is 0.0456. The highest BCUT2D eigenvalue weighted by Crippen LogP contribution is 2.30. The highest BCUT2D eigenvalue weighted by Gasteiger charge is 2.49. The Labute approximate surface area is 160 Å².